The molecule has 0 unspecified atom stereocenters. The van der Waals surface area contributed by atoms with Crippen LogP contribution in [0.2, 0.25) is 0 Å². The van der Waals surface area contributed by atoms with Crippen molar-refractivity contribution in [3.8, 4) is 11.3 Å². The summed E-state index contributed by atoms with van der Waals surface area (Å²) >= 11 is 0. The van der Waals surface area contributed by atoms with Gasteiger partial charge in [-0.25, -0.2) is 0 Å². The van der Waals surface area contributed by atoms with Crippen molar-refractivity contribution in [2.24, 2.45) is 12.5 Å². The number of methoxy groups -OCH3 is 1. The van der Waals surface area contributed by atoms with Crippen molar-refractivity contribution in [3.05, 3.63) is 41.6 Å². The molecular weight excluding hydrogens is 314 g/mol. The maximum atomic E-state index is 13.0. The predicted molar refractivity (Wildman–Crippen MR) is 96.2 cm³/mol. The number of nitrogens with zero attached hydrogens (tertiary/aromatic N) is 3. The van der Waals surface area contributed by atoms with Gasteiger partial charge in [0, 0.05) is 50.5 Å². The van der Waals surface area contributed by atoms with E-state index in [2.05, 4.69) is 12.1 Å². The number of hydrogen-bond acceptors (Lipinski definition) is 3. The van der Waals surface area contributed by atoms with Crippen LogP contribution in [0.1, 0.15) is 24.1 Å². The minimum Gasteiger partial charge on any atom is -0.384 e. The number of fused-ring (bicyclic) bond motifs is 1. The summed E-state index contributed by atoms with van der Waals surface area (Å²) in [6, 6.07) is 10.3. The molecule has 0 bridgehead atoms. The maximum absolute atomic E-state index is 13.0. The van der Waals surface area contributed by atoms with Crippen molar-refractivity contribution in [2.45, 2.75) is 25.7 Å². The van der Waals surface area contributed by atoms with E-state index in [1.807, 2.05) is 34.8 Å². The Hall–Kier alpha value is -2.14. The zero-order valence-electron chi connectivity index (χ0n) is 15.0. The topological polar surface area (TPSA) is 47.4 Å². The number of aromatic nitrogens is 2. The van der Waals surface area contributed by atoms with Crippen LogP contribution < -0.4 is 0 Å². The lowest BCUT2D eigenvalue weighted by molar-refractivity contribution is -0.139. The maximum Gasteiger partial charge on any atom is 0.231 e. The second-order valence-electron chi connectivity index (χ2n) is 7.27. The van der Waals surface area contributed by atoms with Gasteiger partial charge in [0.1, 0.15) is 0 Å². The third-order valence-corrected chi connectivity index (χ3v) is 5.59. The highest BCUT2D eigenvalue weighted by Crippen LogP contribution is 2.47. The summed E-state index contributed by atoms with van der Waals surface area (Å²) in [4.78, 5) is 15.0. The van der Waals surface area contributed by atoms with E-state index in [1.165, 1.54) is 11.3 Å². The number of rotatable bonds is 4. The summed E-state index contributed by atoms with van der Waals surface area (Å²) in [6.07, 6.45) is 3.64. The van der Waals surface area contributed by atoms with E-state index >= 15 is 0 Å². The number of carbonyl (C=O) groups is 1. The molecule has 25 heavy (non-hydrogen) atoms. The Morgan fingerprint density at radius 2 is 1.92 bits per heavy atom. The van der Waals surface area contributed by atoms with E-state index in [0.29, 0.717) is 6.61 Å². The van der Waals surface area contributed by atoms with E-state index in [-0.39, 0.29) is 11.3 Å². The van der Waals surface area contributed by atoms with Gasteiger partial charge in [-0.15, -0.1) is 0 Å². The van der Waals surface area contributed by atoms with Crippen molar-refractivity contribution < 1.29 is 9.53 Å². The highest BCUT2D eigenvalue weighted by Gasteiger charge is 2.51. The first-order chi connectivity index (χ1) is 12.1. The Morgan fingerprint density at radius 3 is 2.60 bits per heavy atom. The van der Waals surface area contributed by atoms with Gasteiger partial charge in [0.2, 0.25) is 5.91 Å². The van der Waals surface area contributed by atoms with E-state index in [9.17, 15) is 4.79 Å². The highest BCUT2D eigenvalue weighted by atomic mass is 16.5. The fourth-order valence-corrected chi connectivity index (χ4v) is 3.99. The monoisotopic (exact) mass is 339 g/mol. The van der Waals surface area contributed by atoms with Crippen LogP contribution >= 0.6 is 0 Å². The molecular formula is C20H25N3O2. The Kier molecular flexibility index (Phi) is 4.12. The summed E-state index contributed by atoms with van der Waals surface area (Å²) in [6.45, 7) is 2.08. The molecule has 5 nitrogen and oxygen atoms in total. The van der Waals surface area contributed by atoms with Gasteiger partial charge in [-0.05, 0) is 19.3 Å². The zero-order valence-corrected chi connectivity index (χ0v) is 15.0. The van der Waals surface area contributed by atoms with Crippen LogP contribution in [-0.4, -0.2) is 47.4 Å². The number of amides is 1. The average molecular weight is 339 g/mol. The summed E-state index contributed by atoms with van der Waals surface area (Å²) in [5, 5.41) is 4.76. The van der Waals surface area contributed by atoms with Crippen molar-refractivity contribution in [2.75, 3.05) is 26.8 Å². The van der Waals surface area contributed by atoms with Gasteiger partial charge in [-0.3, -0.25) is 9.48 Å². The van der Waals surface area contributed by atoms with Crippen molar-refractivity contribution >= 4 is 5.91 Å². The fraction of sp³-hybridized carbons (Fsp3) is 0.500. The van der Waals surface area contributed by atoms with Gasteiger partial charge in [0.25, 0.3) is 0 Å². The molecule has 1 aromatic carbocycles. The van der Waals surface area contributed by atoms with Crippen LogP contribution in [0.4, 0.5) is 0 Å². The Labute approximate surface area is 148 Å². The Bertz CT molecular complexity index is 778. The third kappa shape index (κ3) is 2.86. The lowest BCUT2D eigenvalue weighted by atomic mass is 10.0. The minimum atomic E-state index is -0.244. The van der Waals surface area contributed by atoms with Gasteiger partial charge in [0.15, 0.2) is 0 Å². The molecule has 1 amide bonds. The van der Waals surface area contributed by atoms with Crippen molar-refractivity contribution in [1.29, 1.82) is 0 Å². The standard InChI is InChI=1S/C20H25N3O2/c1-22-17-9-13-23(19(24)20(10-11-20)14-25-2)12-8-16(17)18(21-22)15-6-4-3-5-7-15/h3-7H,8-14H2,1-2H3. The van der Waals surface area contributed by atoms with E-state index in [1.54, 1.807) is 7.11 Å². The van der Waals surface area contributed by atoms with Gasteiger partial charge in [-0.2, -0.15) is 5.10 Å². The lowest BCUT2D eigenvalue weighted by Crippen LogP contribution is -2.40. The van der Waals surface area contributed by atoms with Gasteiger partial charge in [-0.1, -0.05) is 30.3 Å². The first-order valence-corrected chi connectivity index (χ1v) is 9.03. The van der Waals surface area contributed by atoms with Crippen LogP contribution in [0.5, 0.6) is 0 Å². The van der Waals surface area contributed by atoms with E-state index in [0.717, 1.165) is 50.0 Å². The van der Waals surface area contributed by atoms with E-state index in [4.69, 9.17) is 9.84 Å². The summed E-state index contributed by atoms with van der Waals surface area (Å²) in [5.74, 6) is 0.274. The highest BCUT2D eigenvalue weighted by molar-refractivity contribution is 5.85. The number of benzene rings is 1. The molecule has 4 rings (SSSR count). The van der Waals surface area contributed by atoms with Gasteiger partial charge >= 0.3 is 0 Å². The molecule has 1 fully saturated rings. The normalized spacial score (nSPS) is 18.6. The number of carbonyl (C=O) groups excluding carboxylic acids is 1. The molecule has 0 atom stereocenters. The molecule has 1 saturated carbocycles. The van der Waals surface area contributed by atoms with Crippen molar-refractivity contribution in [3.63, 3.8) is 0 Å². The quantitative estimate of drug-likeness (QED) is 0.860. The second-order valence-corrected chi connectivity index (χ2v) is 7.27. The predicted octanol–water partition coefficient (Wildman–Crippen LogP) is 2.44. The molecule has 1 aromatic heterocycles. The SMILES string of the molecule is COCC1(C(=O)N2CCc3c(-c4ccccc4)nn(C)c3CC2)CC1. The van der Waals surface area contributed by atoms with Crippen LogP contribution in [-0.2, 0) is 29.4 Å². The number of ether oxygens (including phenoxy) is 1. The second kappa shape index (κ2) is 6.30. The molecule has 1 aliphatic carbocycles. The first-order valence-electron chi connectivity index (χ1n) is 9.03. The van der Waals surface area contributed by atoms with Crippen molar-refractivity contribution in [1.82, 2.24) is 14.7 Å². The number of aryl methyl sites for hydroxylation is 1. The lowest BCUT2D eigenvalue weighted by Gasteiger charge is -2.25. The Morgan fingerprint density at radius 1 is 1.20 bits per heavy atom. The molecule has 2 aliphatic rings. The molecule has 2 heterocycles. The van der Waals surface area contributed by atoms with Gasteiger partial charge in [0.05, 0.1) is 17.7 Å². The first kappa shape index (κ1) is 16.3. The molecule has 1 aliphatic heterocycles. The average Bonchev–Trinajstić information content (AvgIpc) is 3.38. The van der Waals surface area contributed by atoms with E-state index < -0.39 is 0 Å². The van der Waals surface area contributed by atoms with Crippen LogP contribution in [0.25, 0.3) is 11.3 Å². The summed E-state index contributed by atoms with van der Waals surface area (Å²) in [7, 11) is 3.69. The molecule has 0 radical (unpaired) electrons. The fourth-order valence-electron chi connectivity index (χ4n) is 3.99. The molecule has 0 saturated heterocycles. The van der Waals surface area contributed by atoms with Crippen LogP contribution in [0.15, 0.2) is 30.3 Å². The summed E-state index contributed by atoms with van der Waals surface area (Å²) < 4.78 is 7.29. The molecule has 5 heteroatoms. The molecule has 0 spiro atoms. The van der Waals surface area contributed by atoms with Crippen LogP contribution in [0, 0.1) is 5.41 Å². The van der Waals surface area contributed by atoms with Gasteiger partial charge < -0.3 is 9.64 Å². The molecule has 132 valence electrons. The zero-order chi connectivity index (χ0) is 17.4. The van der Waals surface area contributed by atoms with Crippen LogP contribution in [0.3, 0.4) is 0 Å². The third-order valence-electron chi connectivity index (χ3n) is 5.59. The largest absolute Gasteiger partial charge is 0.384 e. The number of hydrogen-bond donors (Lipinski definition) is 0. The minimum absolute atomic E-state index is 0.244. The molecule has 0 N–H and O–H groups in total. The summed E-state index contributed by atoms with van der Waals surface area (Å²) in [5.41, 5.74) is 4.51. The Balaban J connectivity index is 1.58. The molecule has 2 aromatic rings. The smallest absolute Gasteiger partial charge is 0.231 e.